The van der Waals surface area contributed by atoms with Crippen molar-refractivity contribution < 1.29 is 4.79 Å². The highest BCUT2D eigenvalue weighted by Crippen LogP contribution is 2.33. The van der Waals surface area contributed by atoms with Crippen LogP contribution < -0.4 is 0 Å². The third-order valence-corrected chi connectivity index (χ3v) is 7.39. The van der Waals surface area contributed by atoms with E-state index < -0.39 is 0 Å². The van der Waals surface area contributed by atoms with Gasteiger partial charge in [0.2, 0.25) is 5.91 Å². The summed E-state index contributed by atoms with van der Waals surface area (Å²) < 4.78 is 1.23. The molecule has 3 aromatic rings. The molecule has 0 bridgehead atoms. The zero-order valence-electron chi connectivity index (χ0n) is 17.0. The van der Waals surface area contributed by atoms with Crippen molar-refractivity contribution in [2.45, 2.75) is 30.2 Å². The maximum Gasteiger partial charge on any atom is 0.236 e. The molecule has 1 aliphatic rings. The number of piperidine rings is 1. The van der Waals surface area contributed by atoms with Gasteiger partial charge in [-0.15, -0.1) is 23.1 Å². The van der Waals surface area contributed by atoms with Crippen molar-refractivity contribution in [1.29, 1.82) is 0 Å². The highest BCUT2D eigenvalue weighted by atomic mass is 32.2. The summed E-state index contributed by atoms with van der Waals surface area (Å²) in [6, 6.07) is 16.9. The largest absolute Gasteiger partial charge is 0.341 e. The Bertz CT molecular complexity index is 937. The second-order valence-electron chi connectivity index (χ2n) is 7.72. The predicted octanol–water partition coefficient (Wildman–Crippen LogP) is 4.86. The van der Waals surface area contributed by atoms with Crippen LogP contribution in [0.25, 0.3) is 10.2 Å². The molecule has 0 saturated carbocycles. The van der Waals surface area contributed by atoms with E-state index in [9.17, 15) is 4.79 Å². The van der Waals surface area contributed by atoms with Gasteiger partial charge in [0, 0.05) is 30.4 Å². The van der Waals surface area contributed by atoms with Crippen LogP contribution in [0.1, 0.15) is 29.3 Å². The van der Waals surface area contributed by atoms with Gasteiger partial charge in [-0.2, -0.15) is 0 Å². The molecule has 1 aromatic heterocycles. The molecular formula is C23H27N3OS2. The highest BCUT2D eigenvalue weighted by molar-refractivity contribution is 7.98. The van der Waals surface area contributed by atoms with E-state index in [1.807, 2.05) is 18.0 Å². The fourth-order valence-electron chi connectivity index (χ4n) is 3.90. The van der Waals surface area contributed by atoms with Crippen molar-refractivity contribution in [3.63, 3.8) is 0 Å². The van der Waals surface area contributed by atoms with E-state index in [-0.39, 0.29) is 5.91 Å². The molecule has 152 valence electrons. The number of aromatic nitrogens is 1. The van der Waals surface area contributed by atoms with E-state index in [1.54, 1.807) is 23.1 Å². The Morgan fingerprint density at radius 2 is 2.03 bits per heavy atom. The number of likely N-dealkylation sites (tertiary alicyclic amines) is 1. The fraction of sp³-hybridized carbons (Fsp3) is 0.391. The molecule has 4 nitrogen and oxygen atoms in total. The maximum absolute atomic E-state index is 12.9. The van der Waals surface area contributed by atoms with Gasteiger partial charge in [0.1, 0.15) is 0 Å². The average Bonchev–Trinajstić information content (AvgIpc) is 3.19. The third kappa shape index (κ3) is 5.00. The molecule has 2 aromatic carbocycles. The molecule has 1 saturated heterocycles. The highest BCUT2D eigenvalue weighted by Gasteiger charge is 2.27. The first-order valence-corrected chi connectivity index (χ1v) is 12.1. The number of nitrogens with zero attached hydrogens (tertiary/aromatic N) is 3. The molecule has 0 N–H and O–H groups in total. The Morgan fingerprint density at radius 3 is 2.79 bits per heavy atom. The van der Waals surface area contributed by atoms with Crippen molar-refractivity contribution in [3.8, 4) is 0 Å². The summed E-state index contributed by atoms with van der Waals surface area (Å²) in [5.74, 6) is 0.577. The number of hydrogen-bond acceptors (Lipinski definition) is 5. The minimum atomic E-state index is 0.221. The Kier molecular flexibility index (Phi) is 6.53. The van der Waals surface area contributed by atoms with Gasteiger partial charge in [0.15, 0.2) is 0 Å². The summed E-state index contributed by atoms with van der Waals surface area (Å²) in [5, 5.41) is 1.17. The van der Waals surface area contributed by atoms with E-state index in [2.05, 4.69) is 53.6 Å². The first-order chi connectivity index (χ1) is 14.1. The molecule has 1 atom stereocenters. The monoisotopic (exact) mass is 425 g/mol. The fourth-order valence-corrected chi connectivity index (χ4v) is 5.40. The molecule has 1 fully saturated rings. The van der Waals surface area contributed by atoms with Gasteiger partial charge in [0.05, 0.1) is 21.8 Å². The Hall–Kier alpha value is -1.89. The molecule has 0 radical (unpaired) electrons. The molecule has 4 rings (SSSR count). The first kappa shape index (κ1) is 20.4. The molecule has 6 heteroatoms. The Morgan fingerprint density at radius 1 is 1.24 bits per heavy atom. The van der Waals surface area contributed by atoms with Crippen LogP contribution in [0.15, 0.2) is 53.4 Å². The average molecular weight is 426 g/mol. The number of carbonyl (C=O) groups excluding carboxylic acids is 1. The van der Waals surface area contributed by atoms with Crippen LogP contribution in [0.4, 0.5) is 0 Å². The zero-order valence-corrected chi connectivity index (χ0v) is 18.6. The van der Waals surface area contributed by atoms with Gasteiger partial charge in [-0.05, 0) is 56.0 Å². The molecule has 29 heavy (non-hydrogen) atoms. The molecule has 2 heterocycles. The zero-order chi connectivity index (χ0) is 20.2. The summed E-state index contributed by atoms with van der Waals surface area (Å²) in [5.41, 5.74) is 2.31. The molecule has 0 spiro atoms. The number of carbonyl (C=O) groups is 1. The molecule has 1 amide bonds. The van der Waals surface area contributed by atoms with Crippen LogP contribution in [-0.4, -0.2) is 53.6 Å². The number of para-hydroxylation sites is 1. The van der Waals surface area contributed by atoms with Gasteiger partial charge in [-0.25, -0.2) is 4.98 Å². The molecule has 0 unspecified atom stereocenters. The van der Waals surface area contributed by atoms with Gasteiger partial charge in [0.25, 0.3) is 0 Å². The molecule has 0 aliphatic carbocycles. The first-order valence-electron chi connectivity index (χ1n) is 10.1. The van der Waals surface area contributed by atoms with Crippen molar-refractivity contribution in [2.75, 3.05) is 32.9 Å². The number of benzene rings is 2. The normalized spacial score (nSPS) is 17.2. The van der Waals surface area contributed by atoms with Crippen LogP contribution in [0.3, 0.4) is 0 Å². The second kappa shape index (κ2) is 9.28. The van der Waals surface area contributed by atoms with Crippen LogP contribution in [0.2, 0.25) is 0 Å². The molecular weight excluding hydrogens is 398 g/mol. The quantitative estimate of drug-likeness (QED) is 0.529. The van der Waals surface area contributed by atoms with Gasteiger partial charge in [-0.1, -0.05) is 24.3 Å². The van der Waals surface area contributed by atoms with E-state index in [1.165, 1.54) is 20.2 Å². The van der Waals surface area contributed by atoms with Crippen LogP contribution in [0, 0.1) is 0 Å². The van der Waals surface area contributed by atoms with E-state index in [0.29, 0.717) is 12.5 Å². The van der Waals surface area contributed by atoms with E-state index in [4.69, 9.17) is 4.98 Å². The van der Waals surface area contributed by atoms with E-state index >= 15 is 0 Å². The van der Waals surface area contributed by atoms with E-state index in [0.717, 1.165) is 38.0 Å². The number of thioether (sulfide) groups is 1. The number of thiazole rings is 1. The SMILES string of the molecule is CSc1ccc(CN(C)CC(=O)N2CCC[C@H](c3nc4ccccc4s3)C2)cc1. The van der Waals surface area contributed by atoms with Crippen molar-refractivity contribution in [2.24, 2.45) is 0 Å². The lowest BCUT2D eigenvalue weighted by atomic mass is 9.98. The standard InChI is InChI=1S/C23H27N3OS2/c1-25(14-17-9-11-19(28-2)12-10-17)16-22(27)26-13-5-6-18(15-26)23-24-20-7-3-4-8-21(20)29-23/h3-4,7-12,18H,5-6,13-16H2,1-2H3/t18-/m0/s1. The minimum Gasteiger partial charge on any atom is -0.341 e. The lowest BCUT2D eigenvalue weighted by Crippen LogP contribution is -2.43. The van der Waals surface area contributed by atoms with Crippen molar-refractivity contribution in [1.82, 2.24) is 14.8 Å². The summed E-state index contributed by atoms with van der Waals surface area (Å²) in [4.78, 5) is 23.2. The smallest absolute Gasteiger partial charge is 0.236 e. The Labute approximate surface area is 180 Å². The van der Waals surface area contributed by atoms with Crippen LogP contribution >= 0.6 is 23.1 Å². The van der Waals surface area contributed by atoms with Crippen LogP contribution in [0.5, 0.6) is 0 Å². The summed E-state index contributed by atoms with van der Waals surface area (Å²) >= 11 is 3.52. The number of fused-ring (bicyclic) bond motifs is 1. The summed E-state index contributed by atoms with van der Waals surface area (Å²) in [6.07, 6.45) is 4.24. The topological polar surface area (TPSA) is 36.4 Å². The summed E-state index contributed by atoms with van der Waals surface area (Å²) in [6.45, 7) is 2.89. The molecule has 1 aliphatic heterocycles. The van der Waals surface area contributed by atoms with Crippen molar-refractivity contribution >= 4 is 39.2 Å². The van der Waals surface area contributed by atoms with Crippen LogP contribution in [-0.2, 0) is 11.3 Å². The minimum absolute atomic E-state index is 0.221. The maximum atomic E-state index is 12.9. The lowest BCUT2D eigenvalue weighted by molar-refractivity contribution is -0.133. The third-order valence-electron chi connectivity index (χ3n) is 5.45. The van der Waals surface area contributed by atoms with Crippen molar-refractivity contribution in [3.05, 3.63) is 59.1 Å². The summed E-state index contributed by atoms with van der Waals surface area (Å²) in [7, 11) is 2.02. The second-order valence-corrected chi connectivity index (χ2v) is 9.66. The van der Waals surface area contributed by atoms with Gasteiger partial charge in [-0.3, -0.25) is 9.69 Å². The Balaban J connectivity index is 1.35. The number of hydrogen-bond donors (Lipinski definition) is 0. The van der Waals surface area contributed by atoms with Gasteiger partial charge >= 0.3 is 0 Å². The number of likely N-dealkylation sites (N-methyl/N-ethyl adjacent to an activating group) is 1. The number of amides is 1. The predicted molar refractivity (Wildman–Crippen MR) is 123 cm³/mol. The lowest BCUT2D eigenvalue weighted by Gasteiger charge is -2.33. The number of rotatable bonds is 6. The van der Waals surface area contributed by atoms with Gasteiger partial charge < -0.3 is 4.90 Å².